The Morgan fingerprint density at radius 3 is 2.52 bits per heavy atom. The highest BCUT2D eigenvalue weighted by Gasteiger charge is 2.32. The van der Waals surface area contributed by atoms with Crippen LogP contribution in [0.4, 0.5) is 5.69 Å². The number of thioether (sulfide) groups is 2. The van der Waals surface area contributed by atoms with Gasteiger partial charge in [0.25, 0.3) is 5.91 Å². The number of nitrogens with zero attached hydrogens (tertiary/aromatic N) is 3. The first-order valence-corrected chi connectivity index (χ1v) is 14.5. The fraction of sp³-hybridized carbons (Fsp3) is 0.138. The molecule has 1 aliphatic heterocycles. The highest BCUT2D eigenvalue weighted by atomic mass is 32.2. The number of carbonyl (C=O) groups is 3. The third kappa shape index (κ3) is 6.27. The maximum Gasteiger partial charge on any atom is 0.266 e. The molecule has 202 valence electrons. The van der Waals surface area contributed by atoms with E-state index in [0.717, 1.165) is 5.56 Å². The Morgan fingerprint density at radius 1 is 1.05 bits per heavy atom. The number of imidazole rings is 1. The number of benzene rings is 3. The summed E-state index contributed by atoms with van der Waals surface area (Å²) in [5, 5.41) is 3.24. The van der Waals surface area contributed by atoms with Gasteiger partial charge in [0, 0.05) is 18.7 Å². The lowest BCUT2D eigenvalue weighted by Crippen LogP contribution is -2.31. The van der Waals surface area contributed by atoms with E-state index in [2.05, 4.69) is 10.3 Å². The minimum atomic E-state index is -0.243. The van der Waals surface area contributed by atoms with Gasteiger partial charge in [-0.05, 0) is 48.0 Å². The van der Waals surface area contributed by atoms with Gasteiger partial charge in [-0.3, -0.25) is 23.9 Å². The van der Waals surface area contributed by atoms with Crippen molar-refractivity contribution in [3.8, 4) is 5.75 Å². The first kappa shape index (κ1) is 27.6. The van der Waals surface area contributed by atoms with Gasteiger partial charge in [-0.1, -0.05) is 78.2 Å². The molecule has 0 bridgehead atoms. The van der Waals surface area contributed by atoms with Gasteiger partial charge < -0.3 is 10.1 Å². The van der Waals surface area contributed by atoms with Crippen LogP contribution in [0.2, 0.25) is 0 Å². The quantitative estimate of drug-likeness (QED) is 0.151. The zero-order chi connectivity index (χ0) is 28.1. The molecule has 11 heteroatoms. The lowest BCUT2D eigenvalue weighted by atomic mass is 10.2. The number of hydrogen-bond acceptors (Lipinski definition) is 8. The second-order valence-corrected chi connectivity index (χ2v) is 11.3. The van der Waals surface area contributed by atoms with Crippen molar-refractivity contribution in [3.05, 3.63) is 89.3 Å². The molecule has 1 saturated heterocycles. The molecule has 0 radical (unpaired) electrons. The van der Waals surface area contributed by atoms with Crippen LogP contribution >= 0.6 is 35.7 Å². The zero-order valence-corrected chi connectivity index (χ0v) is 23.9. The van der Waals surface area contributed by atoms with E-state index in [-0.39, 0.29) is 36.4 Å². The summed E-state index contributed by atoms with van der Waals surface area (Å²) in [6, 6.07) is 23.9. The van der Waals surface area contributed by atoms with Crippen molar-refractivity contribution in [3.63, 3.8) is 0 Å². The van der Waals surface area contributed by atoms with Gasteiger partial charge in [0.15, 0.2) is 5.16 Å². The molecule has 4 aromatic rings. The van der Waals surface area contributed by atoms with E-state index in [4.69, 9.17) is 17.0 Å². The molecule has 1 N–H and O–H groups in total. The summed E-state index contributed by atoms with van der Waals surface area (Å²) in [5.41, 5.74) is 2.83. The number of methoxy groups -OCH3 is 1. The van der Waals surface area contributed by atoms with Crippen LogP contribution in [0.25, 0.3) is 17.1 Å². The van der Waals surface area contributed by atoms with Crippen molar-refractivity contribution in [2.75, 3.05) is 24.7 Å². The maximum absolute atomic E-state index is 13.5. The molecule has 0 spiro atoms. The minimum Gasteiger partial charge on any atom is -0.497 e. The predicted octanol–water partition coefficient (Wildman–Crippen LogP) is 5.71. The number of fused-ring (bicyclic) bond motifs is 1. The summed E-state index contributed by atoms with van der Waals surface area (Å²) >= 11 is 7.84. The van der Waals surface area contributed by atoms with Crippen LogP contribution in [0.1, 0.15) is 16.8 Å². The molecule has 5 rings (SSSR count). The lowest BCUT2D eigenvalue weighted by Gasteiger charge is -2.15. The monoisotopic (exact) mass is 588 g/mol. The van der Waals surface area contributed by atoms with E-state index in [1.807, 2.05) is 54.6 Å². The number of thiocarbonyl (C=S) groups is 1. The molecule has 0 aliphatic carbocycles. The van der Waals surface area contributed by atoms with Crippen LogP contribution in [0.5, 0.6) is 5.75 Å². The van der Waals surface area contributed by atoms with Gasteiger partial charge in [-0.2, -0.15) is 0 Å². The maximum atomic E-state index is 13.5. The van der Waals surface area contributed by atoms with Gasteiger partial charge in [0.2, 0.25) is 11.8 Å². The van der Waals surface area contributed by atoms with E-state index >= 15 is 0 Å². The largest absolute Gasteiger partial charge is 0.497 e. The van der Waals surface area contributed by atoms with E-state index in [1.165, 1.54) is 33.0 Å². The third-order valence-corrected chi connectivity index (χ3v) is 8.32. The molecular weight excluding hydrogens is 565 g/mol. The van der Waals surface area contributed by atoms with Crippen LogP contribution < -0.4 is 10.1 Å². The molecule has 0 atom stereocenters. The average Bonchev–Trinajstić information content (AvgIpc) is 3.47. The Labute approximate surface area is 244 Å². The highest BCUT2D eigenvalue weighted by Crippen LogP contribution is 2.33. The van der Waals surface area contributed by atoms with Gasteiger partial charge in [0.05, 0.1) is 28.8 Å². The second kappa shape index (κ2) is 12.5. The van der Waals surface area contributed by atoms with E-state index in [0.29, 0.717) is 36.9 Å². The fourth-order valence-corrected chi connectivity index (χ4v) is 6.19. The predicted molar refractivity (Wildman–Crippen MR) is 164 cm³/mol. The Balaban J connectivity index is 1.27. The number of amides is 2. The van der Waals surface area contributed by atoms with Crippen LogP contribution in [0.15, 0.2) is 88.9 Å². The molecule has 2 amide bonds. The van der Waals surface area contributed by atoms with E-state index in [1.54, 1.807) is 37.5 Å². The van der Waals surface area contributed by atoms with Crippen molar-refractivity contribution in [2.24, 2.45) is 0 Å². The van der Waals surface area contributed by atoms with Crippen LogP contribution in [0.3, 0.4) is 0 Å². The number of rotatable bonds is 9. The van der Waals surface area contributed by atoms with Crippen molar-refractivity contribution in [2.45, 2.75) is 11.6 Å². The van der Waals surface area contributed by atoms with Crippen LogP contribution in [0, 0.1) is 0 Å². The second-order valence-electron chi connectivity index (χ2n) is 8.67. The summed E-state index contributed by atoms with van der Waals surface area (Å²) in [7, 11) is 1.58. The minimum absolute atomic E-state index is 0.0387. The van der Waals surface area contributed by atoms with Crippen molar-refractivity contribution < 1.29 is 19.1 Å². The van der Waals surface area contributed by atoms with Gasteiger partial charge in [-0.25, -0.2) is 4.98 Å². The summed E-state index contributed by atoms with van der Waals surface area (Å²) in [5.74, 6) is 0.0588. The molecule has 1 aromatic heterocycles. The number of carbonyl (C=O) groups excluding carboxylic acids is 3. The van der Waals surface area contributed by atoms with Crippen molar-refractivity contribution in [1.82, 2.24) is 14.5 Å². The van der Waals surface area contributed by atoms with Crippen molar-refractivity contribution >= 4 is 80.6 Å². The molecule has 8 nitrogen and oxygen atoms in total. The highest BCUT2D eigenvalue weighted by molar-refractivity contribution is 8.26. The summed E-state index contributed by atoms with van der Waals surface area (Å²) in [6.07, 6.45) is 1.84. The Kier molecular flexibility index (Phi) is 8.63. The molecule has 2 heterocycles. The summed E-state index contributed by atoms with van der Waals surface area (Å²) < 4.78 is 7.07. The SMILES string of the molecule is COc1ccc(NC(=O)CSc2nc3ccccc3n2C(=O)CCN2C(=O)/C(=C/c3ccccc3)SC2=S)cc1. The molecule has 0 saturated carbocycles. The lowest BCUT2D eigenvalue weighted by molar-refractivity contribution is -0.122. The van der Waals surface area contributed by atoms with Gasteiger partial charge >= 0.3 is 0 Å². The smallest absolute Gasteiger partial charge is 0.266 e. The van der Waals surface area contributed by atoms with Gasteiger partial charge in [-0.15, -0.1) is 0 Å². The normalized spacial score (nSPS) is 14.2. The fourth-order valence-electron chi connectivity index (χ4n) is 4.06. The van der Waals surface area contributed by atoms with E-state index < -0.39 is 0 Å². The number of anilines is 1. The summed E-state index contributed by atoms with van der Waals surface area (Å²) in [6.45, 7) is 0.143. The molecule has 0 unspecified atom stereocenters. The number of hydrogen-bond donors (Lipinski definition) is 1. The number of nitrogens with one attached hydrogen (secondary N) is 1. The number of ether oxygens (including phenoxy) is 1. The van der Waals surface area contributed by atoms with Crippen molar-refractivity contribution in [1.29, 1.82) is 0 Å². The molecular formula is C29H24N4O4S3. The summed E-state index contributed by atoms with van der Waals surface area (Å²) in [4.78, 5) is 45.7. The molecule has 3 aromatic carbocycles. The zero-order valence-electron chi connectivity index (χ0n) is 21.4. The average molecular weight is 589 g/mol. The van der Waals surface area contributed by atoms with Crippen LogP contribution in [-0.4, -0.2) is 55.9 Å². The Hall–Kier alpha value is -3.93. The first-order chi connectivity index (χ1) is 19.4. The Morgan fingerprint density at radius 2 is 1.77 bits per heavy atom. The third-order valence-electron chi connectivity index (χ3n) is 6.01. The molecule has 1 fully saturated rings. The topological polar surface area (TPSA) is 93.5 Å². The first-order valence-electron chi connectivity index (χ1n) is 12.3. The Bertz CT molecular complexity index is 1620. The number of aromatic nitrogens is 2. The standard InChI is InChI=1S/C29H24N4O4S3/c1-37-21-13-11-20(12-14-21)30-25(34)18-39-28-31-22-9-5-6-10-23(22)33(28)26(35)15-16-32-27(36)24(40-29(32)38)17-19-7-3-2-4-8-19/h2-14,17H,15-16,18H2,1H3,(H,30,34)/b24-17-. The van der Waals surface area contributed by atoms with Gasteiger partial charge in [0.1, 0.15) is 10.1 Å². The van der Waals surface area contributed by atoms with E-state index in [9.17, 15) is 14.4 Å². The number of para-hydroxylation sites is 2. The molecule has 40 heavy (non-hydrogen) atoms. The molecule has 1 aliphatic rings. The van der Waals surface area contributed by atoms with Crippen LogP contribution in [-0.2, 0) is 9.59 Å².